The molecule has 0 bridgehead atoms. The first-order valence-corrected chi connectivity index (χ1v) is 8.03. The highest BCUT2D eigenvalue weighted by Crippen LogP contribution is 2.21. The summed E-state index contributed by atoms with van der Waals surface area (Å²) in [6, 6.07) is 19.3. The number of hydrogen-bond acceptors (Lipinski definition) is 5. The van der Waals surface area contributed by atoms with Gasteiger partial charge in [-0.2, -0.15) is 0 Å². The quantitative estimate of drug-likeness (QED) is 0.846. The van der Waals surface area contributed by atoms with Crippen LogP contribution in [0, 0.1) is 0 Å². The third kappa shape index (κ3) is 4.41. The first-order valence-electron chi connectivity index (χ1n) is 8.03. The summed E-state index contributed by atoms with van der Waals surface area (Å²) in [7, 11) is 0. The molecule has 128 valence electrons. The van der Waals surface area contributed by atoms with Crippen LogP contribution < -0.4 is 0 Å². The third-order valence-electron chi connectivity index (χ3n) is 4.02. The van der Waals surface area contributed by atoms with Crippen LogP contribution in [0.25, 0.3) is 0 Å². The molecule has 2 N–H and O–H groups in total. The molecule has 0 spiro atoms. The van der Waals surface area contributed by atoms with Gasteiger partial charge >= 0.3 is 0 Å². The molecule has 2 aromatic carbocycles. The van der Waals surface area contributed by atoms with Crippen LogP contribution in [0.2, 0.25) is 0 Å². The van der Waals surface area contributed by atoms with Crippen LogP contribution >= 0.6 is 0 Å². The van der Waals surface area contributed by atoms with Gasteiger partial charge in [-0.15, -0.1) is 0 Å². The summed E-state index contributed by atoms with van der Waals surface area (Å²) in [6.07, 6.45) is -3.52. The predicted octanol–water partition coefficient (Wildman–Crippen LogP) is 1.87. The lowest BCUT2D eigenvalue weighted by atomic mass is 10.0. The van der Waals surface area contributed by atoms with Crippen LogP contribution in [0.1, 0.15) is 11.1 Å². The smallest absolute Gasteiger partial charge is 0.183 e. The number of benzene rings is 2. The van der Waals surface area contributed by atoms with Crippen molar-refractivity contribution in [3.05, 3.63) is 71.8 Å². The third-order valence-corrected chi connectivity index (χ3v) is 4.02. The molecule has 3 rings (SSSR count). The van der Waals surface area contributed by atoms with E-state index in [2.05, 4.69) is 0 Å². The number of rotatable bonds is 6. The average Bonchev–Trinajstić information content (AvgIpc) is 2.63. The second-order valence-electron chi connectivity index (χ2n) is 5.81. The first-order chi connectivity index (χ1) is 11.7. The molecule has 24 heavy (non-hydrogen) atoms. The second-order valence-corrected chi connectivity index (χ2v) is 5.81. The van der Waals surface area contributed by atoms with Crippen molar-refractivity contribution in [2.45, 2.75) is 37.8 Å². The van der Waals surface area contributed by atoms with Crippen LogP contribution in [0.3, 0.4) is 0 Å². The summed E-state index contributed by atoms with van der Waals surface area (Å²) in [5.41, 5.74) is 1.97. The summed E-state index contributed by atoms with van der Waals surface area (Å²) in [4.78, 5) is 0. The molecule has 1 aliphatic heterocycles. The Morgan fingerprint density at radius 2 is 1.38 bits per heavy atom. The van der Waals surface area contributed by atoms with Gasteiger partial charge in [-0.3, -0.25) is 0 Å². The lowest BCUT2D eigenvalue weighted by Crippen LogP contribution is -2.54. The van der Waals surface area contributed by atoms with Crippen molar-refractivity contribution < 1.29 is 24.4 Å². The fraction of sp³-hybridized carbons (Fsp3) is 0.368. The SMILES string of the molecule is OC1C(OCc2ccccc2)[C@@H](O)OC[C@H]1OCc1ccccc1. The molecule has 2 unspecified atom stereocenters. The Morgan fingerprint density at radius 3 is 1.96 bits per heavy atom. The monoisotopic (exact) mass is 330 g/mol. The van der Waals surface area contributed by atoms with Gasteiger partial charge in [0.25, 0.3) is 0 Å². The van der Waals surface area contributed by atoms with Gasteiger partial charge < -0.3 is 24.4 Å². The Kier molecular flexibility index (Phi) is 5.96. The van der Waals surface area contributed by atoms with Gasteiger partial charge in [0.2, 0.25) is 0 Å². The molecule has 1 fully saturated rings. The highest BCUT2D eigenvalue weighted by Gasteiger charge is 2.40. The van der Waals surface area contributed by atoms with Crippen LogP contribution in [0.5, 0.6) is 0 Å². The van der Waals surface area contributed by atoms with Crippen molar-refractivity contribution in [1.29, 1.82) is 0 Å². The van der Waals surface area contributed by atoms with Gasteiger partial charge in [0, 0.05) is 0 Å². The van der Waals surface area contributed by atoms with Crippen molar-refractivity contribution in [1.82, 2.24) is 0 Å². The number of aliphatic hydroxyl groups excluding tert-OH is 2. The van der Waals surface area contributed by atoms with E-state index in [4.69, 9.17) is 14.2 Å². The van der Waals surface area contributed by atoms with Gasteiger partial charge in [0.15, 0.2) is 6.29 Å². The summed E-state index contributed by atoms with van der Waals surface area (Å²) >= 11 is 0. The van der Waals surface area contributed by atoms with Gasteiger partial charge in [-0.05, 0) is 11.1 Å². The molecule has 2 aromatic rings. The van der Waals surface area contributed by atoms with E-state index in [0.29, 0.717) is 6.61 Å². The van der Waals surface area contributed by atoms with Crippen LogP contribution in [0.15, 0.2) is 60.7 Å². The Balaban J connectivity index is 1.55. The molecule has 0 saturated carbocycles. The Morgan fingerprint density at radius 1 is 0.833 bits per heavy atom. The molecule has 1 heterocycles. The molecule has 0 aliphatic carbocycles. The summed E-state index contributed by atoms with van der Waals surface area (Å²) in [5.74, 6) is 0. The van der Waals surface area contributed by atoms with E-state index >= 15 is 0 Å². The summed E-state index contributed by atoms with van der Waals surface area (Å²) in [5, 5.41) is 20.4. The minimum absolute atomic E-state index is 0.125. The molecule has 1 aliphatic rings. The highest BCUT2D eigenvalue weighted by atomic mass is 16.7. The molecule has 5 heteroatoms. The van der Waals surface area contributed by atoms with Crippen LogP contribution in [-0.4, -0.2) is 41.4 Å². The van der Waals surface area contributed by atoms with E-state index < -0.39 is 24.6 Å². The normalized spacial score (nSPS) is 27.1. The van der Waals surface area contributed by atoms with E-state index in [1.807, 2.05) is 60.7 Å². The summed E-state index contributed by atoms with van der Waals surface area (Å²) in [6.45, 7) is 0.780. The molecular formula is C19H22O5. The largest absolute Gasteiger partial charge is 0.387 e. The van der Waals surface area contributed by atoms with Gasteiger partial charge in [-0.1, -0.05) is 60.7 Å². The van der Waals surface area contributed by atoms with Crippen molar-refractivity contribution in [2.75, 3.05) is 6.61 Å². The zero-order chi connectivity index (χ0) is 16.8. The topological polar surface area (TPSA) is 68.2 Å². The lowest BCUT2D eigenvalue weighted by molar-refractivity contribution is -0.276. The first kappa shape index (κ1) is 17.1. The molecular weight excluding hydrogens is 308 g/mol. The Hall–Kier alpha value is -1.76. The van der Waals surface area contributed by atoms with E-state index in [1.165, 1.54) is 0 Å². The number of ether oxygens (including phenoxy) is 3. The maximum atomic E-state index is 10.5. The predicted molar refractivity (Wildman–Crippen MR) is 88.0 cm³/mol. The Bertz CT molecular complexity index is 604. The van der Waals surface area contributed by atoms with E-state index in [1.54, 1.807) is 0 Å². The maximum absolute atomic E-state index is 10.5. The minimum Gasteiger partial charge on any atom is -0.387 e. The van der Waals surface area contributed by atoms with Crippen molar-refractivity contribution in [3.8, 4) is 0 Å². The average molecular weight is 330 g/mol. The zero-order valence-electron chi connectivity index (χ0n) is 13.3. The minimum atomic E-state index is -1.17. The lowest BCUT2D eigenvalue weighted by Gasteiger charge is -2.37. The molecule has 5 nitrogen and oxygen atoms in total. The van der Waals surface area contributed by atoms with E-state index in [9.17, 15) is 10.2 Å². The Labute approximate surface area is 141 Å². The van der Waals surface area contributed by atoms with E-state index in [-0.39, 0.29) is 13.2 Å². The van der Waals surface area contributed by atoms with Crippen molar-refractivity contribution in [3.63, 3.8) is 0 Å². The molecule has 0 radical (unpaired) electrons. The summed E-state index contributed by atoms with van der Waals surface area (Å²) < 4.78 is 16.7. The number of aliphatic hydroxyl groups is 2. The fourth-order valence-corrected chi connectivity index (χ4v) is 2.64. The number of hydrogen-bond donors (Lipinski definition) is 2. The molecule has 0 amide bonds. The standard InChI is InChI=1S/C19H22O5/c20-17-16(22-11-14-7-3-1-4-8-14)13-24-19(21)18(17)23-12-15-9-5-2-6-10-15/h1-10,16-21H,11-13H2/t16-,17?,18?,19+/m1/s1. The zero-order valence-corrected chi connectivity index (χ0v) is 13.3. The van der Waals surface area contributed by atoms with Crippen LogP contribution in [-0.2, 0) is 27.4 Å². The van der Waals surface area contributed by atoms with E-state index in [0.717, 1.165) is 11.1 Å². The van der Waals surface area contributed by atoms with Crippen LogP contribution in [0.4, 0.5) is 0 Å². The fourth-order valence-electron chi connectivity index (χ4n) is 2.64. The molecule has 4 atom stereocenters. The second kappa shape index (κ2) is 8.37. The highest BCUT2D eigenvalue weighted by molar-refractivity contribution is 5.14. The van der Waals surface area contributed by atoms with Gasteiger partial charge in [0.05, 0.1) is 19.8 Å². The van der Waals surface area contributed by atoms with Gasteiger partial charge in [-0.25, -0.2) is 0 Å². The molecule has 0 aromatic heterocycles. The van der Waals surface area contributed by atoms with Crippen molar-refractivity contribution >= 4 is 0 Å². The maximum Gasteiger partial charge on any atom is 0.183 e. The van der Waals surface area contributed by atoms with Crippen molar-refractivity contribution in [2.24, 2.45) is 0 Å². The molecule has 1 saturated heterocycles. The van der Waals surface area contributed by atoms with Gasteiger partial charge in [0.1, 0.15) is 18.3 Å².